The molecule has 1 aromatic heterocycles. The first-order valence-corrected chi connectivity index (χ1v) is 6.45. The molecule has 3 rings (SSSR count). The molecule has 5 heteroatoms. The van der Waals surface area contributed by atoms with Gasteiger partial charge in [0.25, 0.3) is 11.8 Å². The Bertz CT molecular complexity index is 716. The molecule has 1 aliphatic carbocycles. The molecule has 2 aromatic rings. The van der Waals surface area contributed by atoms with E-state index in [9.17, 15) is 13.6 Å². The smallest absolute Gasteiger partial charge is 0.252 e. The fraction of sp³-hybridized carbons (Fsp3) is 0.267. The molecule has 1 amide bonds. The Balaban J connectivity index is 2.14. The van der Waals surface area contributed by atoms with Crippen molar-refractivity contribution < 1.29 is 13.6 Å². The number of alkyl halides is 2. The van der Waals surface area contributed by atoms with E-state index in [4.69, 9.17) is 5.73 Å². The van der Waals surface area contributed by atoms with Gasteiger partial charge in [-0.1, -0.05) is 18.2 Å². The molecular formula is C15H14F2N2O. The average Bonchev–Trinajstić information content (AvgIpc) is 2.82. The molecule has 0 aliphatic heterocycles. The summed E-state index contributed by atoms with van der Waals surface area (Å²) in [4.78, 5) is 11.5. The van der Waals surface area contributed by atoms with Crippen LogP contribution in [-0.4, -0.2) is 16.4 Å². The van der Waals surface area contributed by atoms with E-state index in [2.05, 4.69) is 0 Å². The SMILES string of the molecule is NC(=O)c1cccc2ccn(C3=CCC(F)(F)CC3)c12. The topological polar surface area (TPSA) is 48.0 Å². The number of rotatable bonds is 2. The maximum Gasteiger partial charge on any atom is 0.252 e. The van der Waals surface area contributed by atoms with Gasteiger partial charge in [-0.15, -0.1) is 0 Å². The largest absolute Gasteiger partial charge is 0.366 e. The monoisotopic (exact) mass is 276 g/mol. The van der Waals surface area contributed by atoms with Gasteiger partial charge >= 0.3 is 0 Å². The lowest BCUT2D eigenvalue weighted by Crippen LogP contribution is -2.20. The van der Waals surface area contributed by atoms with Crippen molar-refractivity contribution in [2.45, 2.75) is 25.2 Å². The number of allylic oxidation sites excluding steroid dienone is 2. The van der Waals surface area contributed by atoms with Gasteiger partial charge in [0.15, 0.2) is 0 Å². The summed E-state index contributed by atoms with van der Waals surface area (Å²) >= 11 is 0. The molecule has 0 atom stereocenters. The minimum Gasteiger partial charge on any atom is -0.366 e. The van der Waals surface area contributed by atoms with E-state index in [0.29, 0.717) is 11.1 Å². The van der Waals surface area contributed by atoms with Crippen molar-refractivity contribution in [1.29, 1.82) is 0 Å². The maximum absolute atomic E-state index is 13.2. The molecule has 0 radical (unpaired) electrons. The Labute approximate surface area is 114 Å². The van der Waals surface area contributed by atoms with Crippen LogP contribution in [-0.2, 0) is 0 Å². The van der Waals surface area contributed by atoms with Gasteiger partial charge in [-0.25, -0.2) is 8.78 Å². The number of hydrogen-bond donors (Lipinski definition) is 1. The van der Waals surface area contributed by atoms with Crippen molar-refractivity contribution in [2.75, 3.05) is 0 Å². The molecule has 0 fully saturated rings. The van der Waals surface area contributed by atoms with Crippen molar-refractivity contribution in [2.24, 2.45) is 5.73 Å². The first kappa shape index (κ1) is 12.8. The number of carbonyl (C=O) groups is 1. The van der Waals surface area contributed by atoms with E-state index in [0.717, 1.165) is 11.1 Å². The molecule has 1 aromatic carbocycles. The summed E-state index contributed by atoms with van der Waals surface area (Å²) in [6.45, 7) is 0. The highest BCUT2D eigenvalue weighted by Crippen LogP contribution is 2.35. The number of nitrogens with zero attached hydrogens (tertiary/aromatic N) is 1. The molecule has 0 spiro atoms. The number of carbonyl (C=O) groups excluding carboxylic acids is 1. The van der Waals surface area contributed by atoms with Gasteiger partial charge in [0.1, 0.15) is 0 Å². The summed E-state index contributed by atoms with van der Waals surface area (Å²) in [6.07, 6.45) is 3.19. The standard InChI is InChI=1S/C15H14F2N2O/c16-15(17)7-4-11(5-8-15)19-9-6-10-2-1-3-12(13(10)19)14(18)20/h1-4,6,9H,5,7-8H2,(H2,18,20). The molecule has 20 heavy (non-hydrogen) atoms. The summed E-state index contributed by atoms with van der Waals surface area (Å²) in [6, 6.07) is 7.14. The number of fused-ring (bicyclic) bond motifs is 1. The summed E-state index contributed by atoms with van der Waals surface area (Å²) in [5, 5.41) is 0.875. The maximum atomic E-state index is 13.2. The van der Waals surface area contributed by atoms with Crippen LogP contribution in [0.1, 0.15) is 29.6 Å². The molecule has 1 heterocycles. The van der Waals surface area contributed by atoms with Crippen molar-refractivity contribution in [1.82, 2.24) is 4.57 Å². The van der Waals surface area contributed by atoms with E-state index in [1.165, 1.54) is 0 Å². The number of amides is 1. The van der Waals surface area contributed by atoms with Crippen LogP contribution in [0.15, 0.2) is 36.5 Å². The number of hydrogen-bond acceptors (Lipinski definition) is 1. The number of primary amides is 1. The number of para-hydroxylation sites is 1. The van der Waals surface area contributed by atoms with Crippen molar-refractivity contribution in [3.8, 4) is 0 Å². The van der Waals surface area contributed by atoms with Crippen LogP contribution < -0.4 is 5.73 Å². The van der Waals surface area contributed by atoms with E-state index in [1.54, 1.807) is 29.0 Å². The predicted octanol–water partition coefficient (Wildman–Crippen LogP) is 3.40. The summed E-state index contributed by atoms with van der Waals surface area (Å²) in [5.74, 6) is -3.14. The van der Waals surface area contributed by atoms with Gasteiger partial charge in [-0.2, -0.15) is 0 Å². The zero-order chi connectivity index (χ0) is 14.3. The molecule has 0 bridgehead atoms. The summed E-state index contributed by atoms with van der Waals surface area (Å²) < 4.78 is 28.2. The molecule has 104 valence electrons. The third kappa shape index (κ3) is 2.09. The first-order valence-electron chi connectivity index (χ1n) is 6.45. The first-order chi connectivity index (χ1) is 9.48. The average molecular weight is 276 g/mol. The van der Waals surface area contributed by atoms with E-state index in [1.807, 2.05) is 12.1 Å². The molecule has 3 nitrogen and oxygen atoms in total. The van der Waals surface area contributed by atoms with Crippen molar-refractivity contribution in [3.05, 3.63) is 42.1 Å². The highest BCUT2D eigenvalue weighted by molar-refractivity contribution is 6.06. The van der Waals surface area contributed by atoms with Crippen LogP contribution in [0, 0.1) is 0 Å². The Morgan fingerprint density at radius 1 is 1.30 bits per heavy atom. The minimum atomic E-state index is -2.63. The van der Waals surface area contributed by atoms with Gasteiger partial charge in [-0.05, 0) is 18.6 Å². The van der Waals surface area contributed by atoms with Crippen LogP contribution in [0.2, 0.25) is 0 Å². The Morgan fingerprint density at radius 3 is 2.75 bits per heavy atom. The van der Waals surface area contributed by atoms with Gasteiger partial charge < -0.3 is 10.3 Å². The molecule has 0 unspecified atom stereocenters. The summed E-state index contributed by atoms with van der Waals surface area (Å²) in [5.41, 5.74) is 7.28. The molecule has 0 saturated carbocycles. The zero-order valence-corrected chi connectivity index (χ0v) is 10.8. The quantitative estimate of drug-likeness (QED) is 0.897. The second-order valence-corrected chi connectivity index (χ2v) is 5.05. The molecule has 2 N–H and O–H groups in total. The van der Waals surface area contributed by atoms with Crippen LogP contribution >= 0.6 is 0 Å². The Hall–Kier alpha value is -2.17. The zero-order valence-electron chi connectivity index (χ0n) is 10.8. The van der Waals surface area contributed by atoms with Gasteiger partial charge in [0.05, 0.1) is 11.1 Å². The van der Waals surface area contributed by atoms with Crippen LogP contribution in [0.25, 0.3) is 16.6 Å². The van der Waals surface area contributed by atoms with Crippen LogP contribution in [0.4, 0.5) is 8.78 Å². The van der Waals surface area contributed by atoms with Crippen LogP contribution in [0.3, 0.4) is 0 Å². The molecular weight excluding hydrogens is 262 g/mol. The van der Waals surface area contributed by atoms with Gasteiger partial charge in [0.2, 0.25) is 0 Å². The molecule has 1 aliphatic rings. The third-order valence-electron chi connectivity index (χ3n) is 3.67. The lowest BCUT2D eigenvalue weighted by molar-refractivity contribution is -0.00656. The highest BCUT2D eigenvalue weighted by atomic mass is 19.3. The lowest BCUT2D eigenvalue weighted by Gasteiger charge is -2.22. The Morgan fingerprint density at radius 2 is 2.10 bits per heavy atom. The number of halogens is 2. The van der Waals surface area contributed by atoms with E-state index < -0.39 is 11.8 Å². The number of aromatic nitrogens is 1. The minimum absolute atomic E-state index is 0.169. The summed E-state index contributed by atoms with van der Waals surface area (Å²) in [7, 11) is 0. The van der Waals surface area contributed by atoms with Gasteiger partial charge in [0, 0.05) is 30.1 Å². The Kier molecular flexibility index (Phi) is 2.85. The van der Waals surface area contributed by atoms with Gasteiger partial charge in [-0.3, -0.25) is 4.79 Å². The number of benzene rings is 1. The van der Waals surface area contributed by atoms with Crippen LogP contribution in [0.5, 0.6) is 0 Å². The molecule has 0 saturated heterocycles. The normalized spacial score (nSPS) is 18.0. The predicted molar refractivity (Wildman–Crippen MR) is 73.5 cm³/mol. The lowest BCUT2D eigenvalue weighted by atomic mass is 10.0. The third-order valence-corrected chi connectivity index (χ3v) is 3.67. The van der Waals surface area contributed by atoms with Crippen molar-refractivity contribution >= 4 is 22.5 Å². The number of nitrogens with two attached hydrogens (primary N) is 1. The highest BCUT2D eigenvalue weighted by Gasteiger charge is 2.31. The van der Waals surface area contributed by atoms with Crippen molar-refractivity contribution in [3.63, 3.8) is 0 Å². The second-order valence-electron chi connectivity index (χ2n) is 5.05. The second kappa shape index (κ2) is 4.44. The fourth-order valence-electron chi connectivity index (χ4n) is 2.63. The fourth-order valence-corrected chi connectivity index (χ4v) is 2.63. The van der Waals surface area contributed by atoms with E-state index >= 15 is 0 Å². The van der Waals surface area contributed by atoms with E-state index in [-0.39, 0.29) is 19.3 Å².